The Morgan fingerprint density at radius 1 is 1.29 bits per heavy atom. The fraction of sp³-hybridized carbons (Fsp3) is 0.571. The first-order chi connectivity index (χ1) is 14.7. The largest absolute Gasteiger partial charge is 0.491 e. The number of hydrogen-bond donors (Lipinski definition) is 1. The number of alkyl halides is 3. The standard InChI is InChI=1S/C21H27F3N2O4S/c1-3-28-10-11-29-17-6-4-16(5-7-17)12-15(2)26-8-9-30-20(27,14-26)18-13-31-19(25-18)21(22,23)24/h4-7,13,15,27H,3,8-12,14H2,1-2H3. The summed E-state index contributed by atoms with van der Waals surface area (Å²) in [5, 5.41) is 11.1. The molecule has 1 aliphatic rings. The highest BCUT2D eigenvalue weighted by Gasteiger charge is 2.42. The van der Waals surface area contributed by atoms with Gasteiger partial charge in [0.25, 0.3) is 0 Å². The quantitative estimate of drug-likeness (QED) is 0.576. The van der Waals surface area contributed by atoms with E-state index in [1.807, 2.05) is 43.0 Å². The minimum atomic E-state index is -4.54. The van der Waals surface area contributed by atoms with Gasteiger partial charge in [-0.05, 0) is 38.0 Å². The second-order valence-corrected chi connectivity index (χ2v) is 8.24. The lowest BCUT2D eigenvalue weighted by Crippen LogP contribution is -2.53. The van der Waals surface area contributed by atoms with Gasteiger partial charge in [-0.25, -0.2) is 4.98 Å². The Morgan fingerprint density at radius 3 is 2.68 bits per heavy atom. The molecule has 0 bridgehead atoms. The van der Waals surface area contributed by atoms with Crippen molar-refractivity contribution < 1.29 is 32.5 Å². The molecule has 0 saturated carbocycles. The monoisotopic (exact) mass is 460 g/mol. The van der Waals surface area contributed by atoms with Crippen molar-refractivity contribution in [2.75, 3.05) is 39.5 Å². The SMILES string of the molecule is CCOCCOc1ccc(CC(C)N2CCOC(O)(c3csc(C(F)(F)F)n3)C2)cc1. The molecule has 1 aromatic heterocycles. The van der Waals surface area contributed by atoms with Crippen molar-refractivity contribution in [2.45, 2.75) is 38.3 Å². The number of halogens is 3. The van der Waals surface area contributed by atoms with Crippen LogP contribution in [0.4, 0.5) is 13.2 Å². The number of morpholine rings is 1. The first-order valence-electron chi connectivity index (χ1n) is 10.1. The molecule has 1 aromatic carbocycles. The minimum absolute atomic E-state index is 0.0425. The van der Waals surface area contributed by atoms with Gasteiger partial charge in [0.15, 0.2) is 5.01 Å². The molecule has 6 nitrogen and oxygen atoms in total. The molecule has 3 rings (SSSR count). The molecular formula is C21H27F3N2O4S. The van der Waals surface area contributed by atoms with Crippen molar-refractivity contribution in [3.63, 3.8) is 0 Å². The summed E-state index contributed by atoms with van der Waals surface area (Å²) in [5.41, 5.74) is 0.989. The van der Waals surface area contributed by atoms with Gasteiger partial charge in [-0.15, -0.1) is 11.3 Å². The Bertz CT molecular complexity index is 831. The molecule has 1 fully saturated rings. The van der Waals surface area contributed by atoms with E-state index < -0.39 is 17.0 Å². The summed E-state index contributed by atoms with van der Waals surface area (Å²) in [6.45, 7) is 6.45. The second kappa shape index (κ2) is 10.3. The molecule has 2 atom stereocenters. The number of benzene rings is 1. The summed E-state index contributed by atoms with van der Waals surface area (Å²) in [6.07, 6.45) is -3.83. The first-order valence-corrected chi connectivity index (χ1v) is 11.0. The lowest BCUT2D eigenvalue weighted by atomic mass is 10.0. The molecule has 0 radical (unpaired) electrons. The highest BCUT2D eigenvalue weighted by Crippen LogP contribution is 2.36. The van der Waals surface area contributed by atoms with Crippen molar-refractivity contribution in [2.24, 2.45) is 0 Å². The Labute approximate surface area is 183 Å². The number of nitrogens with zero attached hydrogens (tertiary/aromatic N) is 2. The molecule has 0 amide bonds. The van der Waals surface area contributed by atoms with Gasteiger partial charge in [0.2, 0.25) is 5.79 Å². The number of β-amino-alcohol motifs (C(OH)–C–C–N with tert-alkyl or cyclic N) is 1. The van der Waals surface area contributed by atoms with Crippen LogP contribution in [0.2, 0.25) is 0 Å². The molecule has 2 heterocycles. The van der Waals surface area contributed by atoms with Gasteiger partial charge >= 0.3 is 6.18 Å². The van der Waals surface area contributed by atoms with Crippen molar-refractivity contribution >= 4 is 11.3 Å². The summed E-state index contributed by atoms with van der Waals surface area (Å²) in [4.78, 5) is 5.57. The highest BCUT2D eigenvalue weighted by molar-refractivity contribution is 7.09. The number of aromatic nitrogens is 1. The van der Waals surface area contributed by atoms with Gasteiger partial charge in [-0.2, -0.15) is 13.2 Å². The maximum absolute atomic E-state index is 12.9. The third kappa shape index (κ3) is 6.39. The molecule has 0 spiro atoms. The van der Waals surface area contributed by atoms with Crippen molar-refractivity contribution in [1.29, 1.82) is 0 Å². The van der Waals surface area contributed by atoms with Crippen LogP contribution in [0, 0.1) is 0 Å². The Kier molecular flexibility index (Phi) is 7.92. The fourth-order valence-electron chi connectivity index (χ4n) is 3.40. The van der Waals surface area contributed by atoms with E-state index in [0.29, 0.717) is 44.1 Å². The van der Waals surface area contributed by atoms with E-state index in [9.17, 15) is 18.3 Å². The van der Waals surface area contributed by atoms with Gasteiger partial charge in [0.1, 0.15) is 18.1 Å². The van der Waals surface area contributed by atoms with Gasteiger partial charge in [-0.3, -0.25) is 4.90 Å². The summed E-state index contributed by atoms with van der Waals surface area (Å²) in [7, 11) is 0. The molecule has 2 unspecified atom stereocenters. The van der Waals surface area contributed by atoms with E-state index in [1.165, 1.54) is 5.38 Å². The van der Waals surface area contributed by atoms with Gasteiger partial charge in [0, 0.05) is 24.6 Å². The third-order valence-corrected chi connectivity index (χ3v) is 5.95. The summed E-state index contributed by atoms with van der Waals surface area (Å²) < 4.78 is 54.9. The average molecular weight is 461 g/mol. The van der Waals surface area contributed by atoms with E-state index in [0.717, 1.165) is 11.3 Å². The van der Waals surface area contributed by atoms with E-state index in [-0.39, 0.29) is 24.9 Å². The number of hydrogen-bond acceptors (Lipinski definition) is 7. The van der Waals surface area contributed by atoms with E-state index in [1.54, 1.807) is 0 Å². The van der Waals surface area contributed by atoms with Gasteiger partial charge < -0.3 is 19.3 Å². The predicted molar refractivity (Wildman–Crippen MR) is 110 cm³/mol. The zero-order valence-corrected chi connectivity index (χ0v) is 18.3. The normalized spacial score (nSPS) is 21.2. The van der Waals surface area contributed by atoms with Crippen molar-refractivity contribution in [3.05, 3.63) is 45.9 Å². The van der Waals surface area contributed by atoms with Crippen LogP contribution in [-0.2, 0) is 27.9 Å². The zero-order chi connectivity index (χ0) is 22.5. The smallest absolute Gasteiger partial charge is 0.443 e. The second-order valence-electron chi connectivity index (χ2n) is 7.38. The highest BCUT2D eigenvalue weighted by atomic mass is 32.1. The third-order valence-electron chi connectivity index (χ3n) is 5.06. The number of ether oxygens (including phenoxy) is 3. The van der Waals surface area contributed by atoms with Crippen LogP contribution in [0.5, 0.6) is 5.75 Å². The van der Waals surface area contributed by atoms with Crippen LogP contribution in [0.15, 0.2) is 29.6 Å². The molecular weight excluding hydrogens is 433 g/mol. The lowest BCUT2D eigenvalue weighted by Gasteiger charge is -2.41. The van der Waals surface area contributed by atoms with Crippen molar-refractivity contribution in [3.8, 4) is 5.75 Å². The molecule has 1 saturated heterocycles. The molecule has 1 N–H and O–H groups in total. The Morgan fingerprint density at radius 2 is 2.03 bits per heavy atom. The van der Waals surface area contributed by atoms with Gasteiger partial charge in [-0.1, -0.05) is 12.1 Å². The molecule has 10 heteroatoms. The minimum Gasteiger partial charge on any atom is -0.491 e. The average Bonchev–Trinajstić information content (AvgIpc) is 3.24. The Balaban J connectivity index is 1.58. The number of rotatable bonds is 9. The predicted octanol–water partition coefficient (Wildman–Crippen LogP) is 3.69. The fourth-order valence-corrected chi connectivity index (χ4v) is 4.15. The molecule has 31 heavy (non-hydrogen) atoms. The van der Waals surface area contributed by atoms with E-state index in [2.05, 4.69) is 4.98 Å². The maximum atomic E-state index is 12.9. The number of thiazole rings is 1. The van der Waals surface area contributed by atoms with Crippen LogP contribution in [0.3, 0.4) is 0 Å². The van der Waals surface area contributed by atoms with Crippen LogP contribution >= 0.6 is 11.3 Å². The first kappa shape index (κ1) is 23.9. The van der Waals surface area contributed by atoms with Crippen molar-refractivity contribution in [1.82, 2.24) is 9.88 Å². The Hall–Kier alpha value is -1.72. The summed E-state index contributed by atoms with van der Waals surface area (Å²) in [6, 6.07) is 7.81. The van der Waals surface area contributed by atoms with Crippen LogP contribution < -0.4 is 4.74 Å². The maximum Gasteiger partial charge on any atom is 0.443 e. The zero-order valence-electron chi connectivity index (χ0n) is 17.5. The topological polar surface area (TPSA) is 64.1 Å². The van der Waals surface area contributed by atoms with Crippen LogP contribution in [0.25, 0.3) is 0 Å². The molecule has 1 aliphatic heterocycles. The van der Waals surface area contributed by atoms with Gasteiger partial charge in [0.05, 0.1) is 19.8 Å². The summed E-state index contributed by atoms with van der Waals surface area (Å²) in [5.74, 6) is -1.09. The lowest BCUT2D eigenvalue weighted by molar-refractivity contribution is -0.254. The van der Waals surface area contributed by atoms with E-state index >= 15 is 0 Å². The van der Waals surface area contributed by atoms with Crippen LogP contribution in [0.1, 0.15) is 30.1 Å². The van der Waals surface area contributed by atoms with Crippen LogP contribution in [-0.4, -0.2) is 60.5 Å². The van der Waals surface area contributed by atoms with E-state index in [4.69, 9.17) is 14.2 Å². The molecule has 2 aromatic rings. The summed E-state index contributed by atoms with van der Waals surface area (Å²) >= 11 is 0.456. The molecule has 172 valence electrons. The number of aliphatic hydroxyl groups is 1. The molecule has 0 aliphatic carbocycles.